The summed E-state index contributed by atoms with van der Waals surface area (Å²) in [7, 11) is 0. The van der Waals surface area contributed by atoms with Crippen LogP contribution in [0.15, 0.2) is 5.38 Å². The van der Waals surface area contributed by atoms with Crippen LogP contribution < -0.4 is 5.48 Å². The lowest BCUT2D eigenvalue weighted by atomic mass is 10.4. The number of carbonyl (C=O) groups excluding carboxylic acids is 1. The first-order chi connectivity index (χ1) is 5.22. The summed E-state index contributed by atoms with van der Waals surface area (Å²) in [6, 6.07) is 0. The summed E-state index contributed by atoms with van der Waals surface area (Å²) in [6.45, 7) is 1.86. The lowest BCUT2D eigenvalue weighted by Gasteiger charge is -1.92. The molecule has 0 atom stereocenters. The van der Waals surface area contributed by atoms with Crippen molar-refractivity contribution in [2.45, 2.75) is 13.3 Å². The summed E-state index contributed by atoms with van der Waals surface area (Å²) in [6.07, 6.45) is 0.148. The van der Waals surface area contributed by atoms with Gasteiger partial charge in [0.15, 0.2) is 0 Å². The first-order valence-electron chi connectivity index (χ1n) is 3.06. The zero-order valence-corrected chi connectivity index (χ0v) is 6.81. The maximum absolute atomic E-state index is 10.6. The van der Waals surface area contributed by atoms with Crippen molar-refractivity contribution >= 4 is 17.2 Å². The standard InChI is InChI=1S/C6H8N2O2S/c1-4-3-11-6(7-4)2-5(9)8-10/h3,10H,2H2,1H3,(H,8,9). The molecule has 1 aromatic rings. The fourth-order valence-corrected chi connectivity index (χ4v) is 1.43. The highest BCUT2D eigenvalue weighted by atomic mass is 32.1. The Kier molecular flexibility index (Phi) is 2.56. The van der Waals surface area contributed by atoms with E-state index >= 15 is 0 Å². The maximum Gasteiger partial charge on any atom is 0.250 e. The third kappa shape index (κ3) is 2.28. The van der Waals surface area contributed by atoms with Crippen molar-refractivity contribution in [1.82, 2.24) is 10.5 Å². The van der Waals surface area contributed by atoms with Gasteiger partial charge in [-0.2, -0.15) is 0 Å². The Bertz CT molecular complexity index is 259. The smallest absolute Gasteiger partial charge is 0.250 e. The van der Waals surface area contributed by atoms with Gasteiger partial charge in [-0.1, -0.05) is 0 Å². The minimum atomic E-state index is -0.431. The van der Waals surface area contributed by atoms with Crippen molar-refractivity contribution in [2.24, 2.45) is 0 Å². The van der Waals surface area contributed by atoms with E-state index in [-0.39, 0.29) is 6.42 Å². The van der Waals surface area contributed by atoms with Crippen molar-refractivity contribution in [2.75, 3.05) is 0 Å². The third-order valence-electron chi connectivity index (χ3n) is 1.10. The van der Waals surface area contributed by atoms with Gasteiger partial charge < -0.3 is 0 Å². The van der Waals surface area contributed by atoms with Crippen LogP contribution in [-0.2, 0) is 11.2 Å². The fourth-order valence-electron chi connectivity index (χ4n) is 0.661. The van der Waals surface area contributed by atoms with E-state index < -0.39 is 5.91 Å². The Hall–Kier alpha value is -0.940. The number of amides is 1. The minimum Gasteiger partial charge on any atom is -0.289 e. The van der Waals surface area contributed by atoms with Crippen molar-refractivity contribution < 1.29 is 10.0 Å². The predicted molar refractivity (Wildman–Crippen MR) is 40.5 cm³/mol. The van der Waals surface area contributed by atoms with Gasteiger partial charge >= 0.3 is 0 Å². The van der Waals surface area contributed by atoms with Crippen LogP contribution >= 0.6 is 11.3 Å². The summed E-state index contributed by atoms with van der Waals surface area (Å²) >= 11 is 1.41. The van der Waals surface area contributed by atoms with E-state index in [0.717, 1.165) is 5.69 Å². The third-order valence-corrected chi connectivity index (χ3v) is 2.07. The molecular weight excluding hydrogens is 164 g/mol. The van der Waals surface area contributed by atoms with E-state index in [1.807, 2.05) is 12.3 Å². The summed E-state index contributed by atoms with van der Waals surface area (Å²) in [5.74, 6) is -0.431. The molecule has 1 rings (SSSR count). The Balaban J connectivity index is 2.57. The topological polar surface area (TPSA) is 62.2 Å². The van der Waals surface area contributed by atoms with Crippen LogP contribution in [0, 0.1) is 6.92 Å². The highest BCUT2D eigenvalue weighted by molar-refractivity contribution is 7.09. The molecule has 60 valence electrons. The number of nitrogens with one attached hydrogen (secondary N) is 1. The van der Waals surface area contributed by atoms with Crippen LogP contribution in [0.3, 0.4) is 0 Å². The molecule has 0 aliphatic carbocycles. The second-order valence-electron chi connectivity index (χ2n) is 2.09. The molecule has 0 aliphatic rings. The van der Waals surface area contributed by atoms with E-state index in [0.29, 0.717) is 5.01 Å². The molecular formula is C6H8N2O2S. The monoisotopic (exact) mass is 172 g/mol. The number of nitrogens with zero attached hydrogens (tertiary/aromatic N) is 1. The molecule has 5 heteroatoms. The van der Waals surface area contributed by atoms with Crippen molar-refractivity contribution in [3.8, 4) is 0 Å². The van der Waals surface area contributed by atoms with E-state index in [2.05, 4.69) is 4.98 Å². The van der Waals surface area contributed by atoms with Gasteiger partial charge in [-0.3, -0.25) is 10.0 Å². The van der Waals surface area contributed by atoms with Crippen LogP contribution in [0.2, 0.25) is 0 Å². The van der Waals surface area contributed by atoms with Crippen LogP contribution in [0.1, 0.15) is 10.7 Å². The lowest BCUT2D eigenvalue weighted by Crippen LogP contribution is -2.20. The molecule has 0 spiro atoms. The van der Waals surface area contributed by atoms with Crippen LogP contribution in [-0.4, -0.2) is 16.1 Å². The molecule has 11 heavy (non-hydrogen) atoms. The molecule has 0 aliphatic heterocycles. The number of carbonyl (C=O) groups is 1. The van der Waals surface area contributed by atoms with E-state index in [9.17, 15) is 4.79 Å². The maximum atomic E-state index is 10.6. The zero-order chi connectivity index (χ0) is 8.27. The van der Waals surface area contributed by atoms with Crippen molar-refractivity contribution in [1.29, 1.82) is 0 Å². The predicted octanol–water partition coefficient (Wildman–Crippen LogP) is 0.499. The van der Waals surface area contributed by atoms with E-state index in [1.54, 1.807) is 5.48 Å². The Morgan fingerprint density at radius 3 is 3.09 bits per heavy atom. The number of hydrogen-bond donors (Lipinski definition) is 2. The van der Waals surface area contributed by atoms with E-state index in [4.69, 9.17) is 5.21 Å². The zero-order valence-electron chi connectivity index (χ0n) is 6.00. The quantitative estimate of drug-likeness (QED) is 0.504. The molecule has 1 amide bonds. The van der Waals surface area contributed by atoms with Gasteiger partial charge in [0.2, 0.25) is 5.91 Å². The molecule has 0 saturated carbocycles. The van der Waals surface area contributed by atoms with Gasteiger partial charge in [0, 0.05) is 11.1 Å². The number of rotatable bonds is 2. The van der Waals surface area contributed by atoms with Gasteiger partial charge in [0.25, 0.3) is 0 Å². The molecule has 0 unspecified atom stereocenters. The van der Waals surface area contributed by atoms with Gasteiger partial charge in [-0.05, 0) is 6.92 Å². The van der Waals surface area contributed by atoms with Gasteiger partial charge in [-0.25, -0.2) is 10.5 Å². The number of aryl methyl sites for hydroxylation is 1. The van der Waals surface area contributed by atoms with Gasteiger partial charge in [-0.15, -0.1) is 11.3 Å². The Labute approximate surface area is 67.8 Å². The fraction of sp³-hybridized carbons (Fsp3) is 0.333. The first-order valence-corrected chi connectivity index (χ1v) is 3.94. The van der Waals surface area contributed by atoms with Crippen LogP contribution in [0.4, 0.5) is 0 Å². The molecule has 2 N–H and O–H groups in total. The number of aromatic nitrogens is 1. The molecule has 0 fully saturated rings. The summed E-state index contributed by atoms with van der Waals surface area (Å²) in [5.41, 5.74) is 2.45. The Morgan fingerprint density at radius 2 is 2.64 bits per heavy atom. The lowest BCUT2D eigenvalue weighted by molar-refractivity contribution is -0.128. The molecule has 0 bridgehead atoms. The number of hydroxylamine groups is 1. The molecule has 1 heterocycles. The van der Waals surface area contributed by atoms with Crippen molar-refractivity contribution in [3.63, 3.8) is 0 Å². The molecule has 0 saturated heterocycles. The average Bonchev–Trinajstić information content (AvgIpc) is 2.35. The largest absolute Gasteiger partial charge is 0.289 e. The average molecular weight is 172 g/mol. The SMILES string of the molecule is Cc1csc(CC(=O)NO)n1. The number of hydrogen-bond acceptors (Lipinski definition) is 4. The summed E-state index contributed by atoms with van der Waals surface area (Å²) < 4.78 is 0. The normalized spacial score (nSPS) is 9.64. The van der Waals surface area contributed by atoms with Gasteiger partial charge in [0.05, 0.1) is 6.42 Å². The number of thiazole rings is 1. The second kappa shape index (κ2) is 3.45. The highest BCUT2D eigenvalue weighted by Gasteiger charge is 2.04. The Morgan fingerprint density at radius 1 is 1.91 bits per heavy atom. The molecule has 4 nitrogen and oxygen atoms in total. The minimum absolute atomic E-state index is 0.148. The molecule has 0 aromatic carbocycles. The molecule has 0 radical (unpaired) electrons. The van der Waals surface area contributed by atoms with Crippen LogP contribution in [0.25, 0.3) is 0 Å². The first kappa shape index (κ1) is 8.16. The summed E-state index contributed by atoms with van der Waals surface area (Å²) in [5, 5.41) is 10.8. The summed E-state index contributed by atoms with van der Waals surface area (Å²) in [4.78, 5) is 14.6. The molecule has 1 aromatic heterocycles. The highest BCUT2D eigenvalue weighted by Crippen LogP contribution is 2.08. The van der Waals surface area contributed by atoms with Crippen molar-refractivity contribution in [3.05, 3.63) is 16.1 Å². The second-order valence-corrected chi connectivity index (χ2v) is 3.04. The van der Waals surface area contributed by atoms with E-state index in [1.165, 1.54) is 11.3 Å². The van der Waals surface area contributed by atoms with Crippen LogP contribution in [0.5, 0.6) is 0 Å². The van der Waals surface area contributed by atoms with Gasteiger partial charge in [0.1, 0.15) is 5.01 Å².